The first-order chi connectivity index (χ1) is 5.74. The van der Waals surface area contributed by atoms with Gasteiger partial charge in [0.15, 0.2) is 5.84 Å². The largest absolute Gasteiger partial charge is 0.409 e. The summed E-state index contributed by atoms with van der Waals surface area (Å²) in [6.07, 6.45) is 1.95. The Morgan fingerprint density at radius 2 is 2.33 bits per heavy atom. The van der Waals surface area contributed by atoms with Crippen LogP contribution in [0.5, 0.6) is 0 Å². The molecule has 0 saturated heterocycles. The van der Waals surface area contributed by atoms with Gasteiger partial charge in [-0.2, -0.15) is 0 Å². The molecule has 5 nitrogen and oxygen atoms in total. The van der Waals surface area contributed by atoms with Crippen LogP contribution in [0, 0.1) is 5.92 Å². The van der Waals surface area contributed by atoms with Gasteiger partial charge in [0.1, 0.15) is 0 Å². The smallest absolute Gasteiger partial charge is 0.153 e. The Kier molecular flexibility index (Phi) is 3.31. The zero-order chi connectivity index (χ0) is 8.97. The van der Waals surface area contributed by atoms with Gasteiger partial charge in [-0.1, -0.05) is 5.16 Å². The summed E-state index contributed by atoms with van der Waals surface area (Å²) in [5.41, 5.74) is 5.21. The standard InChI is InChI=1S/C7H15N3O2/c8-7(10-12)4-9-3-6(11)5-1-2-5/h5-6,9,11-12H,1-4H2,(H2,8,10). The second-order valence-corrected chi connectivity index (χ2v) is 3.13. The molecule has 5 heteroatoms. The summed E-state index contributed by atoms with van der Waals surface area (Å²) in [7, 11) is 0. The molecule has 12 heavy (non-hydrogen) atoms. The third-order valence-corrected chi connectivity index (χ3v) is 1.95. The number of nitrogens with zero attached hydrogens (tertiary/aromatic N) is 1. The molecular weight excluding hydrogens is 158 g/mol. The van der Waals surface area contributed by atoms with Crippen LogP contribution < -0.4 is 11.1 Å². The fourth-order valence-electron chi connectivity index (χ4n) is 1.03. The molecule has 0 aromatic rings. The lowest BCUT2D eigenvalue weighted by molar-refractivity contribution is 0.150. The highest BCUT2D eigenvalue weighted by molar-refractivity contribution is 5.81. The van der Waals surface area contributed by atoms with E-state index in [4.69, 9.17) is 10.9 Å². The van der Waals surface area contributed by atoms with E-state index in [0.29, 0.717) is 19.0 Å². The topological polar surface area (TPSA) is 90.9 Å². The van der Waals surface area contributed by atoms with Crippen LogP contribution in [0.2, 0.25) is 0 Å². The van der Waals surface area contributed by atoms with Crippen LogP contribution in [-0.2, 0) is 0 Å². The van der Waals surface area contributed by atoms with Crippen LogP contribution in [0.4, 0.5) is 0 Å². The Balaban J connectivity index is 2.01. The van der Waals surface area contributed by atoms with E-state index < -0.39 is 0 Å². The predicted molar refractivity (Wildman–Crippen MR) is 45.0 cm³/mol. The predicted octanol–water partition coefficient (Wildman–Crippen LogP) is -0.907. The number of hydrogen-bond acceptors (Lipinski definition) is 4. The highest BCUT2D eigenvalue weighted by Crippen LogP contribution is 2.32. The van der Waals surface area contributed by atoms with Crippen molar-refractivity contribution in [2.75, 3.05) is 13.1 Å². The van der Waals surface area contributed by atoms with Gasteiger partial charge in [-0.3, -0.25) is 0 Å². The lowest BCUT2D eigenvalue weighted by Gasteiger charge is -2.09. The maximum absolute atomic E-state index is 9.37. The van der Waals surface area contributed by atoms with E-state index in [0.717, 1.165) is 12.8 Å². The number of rotatable bonds is 5. The Morgan fingerprint density at radius 1 is 1.67 bits per heavy atom. The van der Waals surface area contributed by atoms with Crippen molar-refractivity contribution in [3.63, 3.8) is 0 Å². The van der Waals surface area contributed by atoms with Crippen LogP contribution in [-0.4, -0.2) is 35.3 Å². The van der Waals surface area contributed by atoms with Gasteiger partial charge in [-0.15, -0.1) is 0 Å². The maximum atomic E-state index is 9.37. The van der Waals surface area contributed by atoms with Crippen molar-refractivity contribution in [1.82, 2.24) is 5.32 Å². The first-order valence-corrected chi connectivity index (χ1v) is 4.09. The van der Waals surface area contributed by atoms with Gasteiger partial charge in [-0.25, -0.2) is 0 Å². The van der Waals surface area contributed by atoms with Crippen molar-refractivity contribution >= 4 is 5.84 Å². The molecule has 0 aromatic heterocycles. The van der Waals surface area contributed by atoms with Gasteiger partial charge < -0.3 is 21.4 Å². The van der Waals surface area contributed by atoms with E-state index in [-0.39, 0.29) is 11.9 Å². The normalized spacial score (nSPS) is 20.9. The molecule has 0 heterocycles. The monoisotopic (exact) mass is 173 g/mol. The molecule has 1 atom stereocenters. The molecule has 0 amide bonds. The number of aliphatic hydroxyl groups is 1. The molecule has 0 bridgehead atoms. The van der Waals surface area contributed by atoms with Crippen LogP contribution in [0.25, 0.3) is 0 Å². The first-order valence-electron chi connectivity index (χ1n) is 4.09. The fourth-order valence-corrected chi connectivity index (χ4v) is 1.03. The fraction of sp³-hybridized carbons (Fsp3) is 0.857. The lowest BCUT2D eigenvalue weighted by Crippen LogP contribution is -2.35. The Hall–Kier alpha value is -0.810. The average Bonchev–Trinajstić information content (AvgIpc) is 2.86. The highest BCUT2D eigenvalue weighted by atomic mass is 16.4. The van der Waals surface area contributed by atoms with Crippen molar-refractivity contribution in [2.45, 2.75) is 18.9 Å². The molecule has 0 radical (unpaired) electrons. The molecule has 70 valence electrons. The van der Waals surface area contributed by atoms with Crippen molar-refractivity contribution in [2.24, 2.45) is 16.8 Å². The van der Waals surface area contributed by atoms with E-state index in [1.54, 1.807) is 0 Å². The summed E-state index contributed by atoms with van der Waals surface area (Å²) in [6, 6.07) is 0. The number of nitrogens with two attached hydrogens (primary N) is 1. The van der Waals surface area contributed by atoms with E-state index in [1.165, 1.54) is 0 Å². The van der Waals surface area contributed by atoms with Gasteiger partial charge in [-0.05, 0) is 18.8 Å². The summed E-state index contributed by atoms with van der Waals surface area (Å²) >= 11 is 0. The van der Waals surface area contributed by atoms with E-state index in [9.17, 15) is 5.11 Å². The van der Waals surface area contributed by atoms with E-state index in [1.807, 2.05) is 0 Å². The third kappa shape index (κ3) is 3.06. The van der Waals surface area contributed by atoms with Crippen LogP contribution in [0.3, 0.4) is 0 Å². The van der Waals surface area contributed by atoms with Gasteiger partial charge in [0.05, 0.1) is 12.6 Å². The molecule has 1 aliphatic rings. The SMILES string of the molecule is NC(CNCC(O)C1CC1)=NO. The van der Waals surface area contributed by atoms with Gasteiger partial charge in [0.2, 0.25) is 0 Å². The van der Waals surface area contributed by atoms with Crippen molar-refractivity contribution < 1.29 is 10.3 Å². The van der Waals surface area contributed by atoms with Gasteiger partial charge in [0.25, 0.3) is 0 Å². The summed E-state index contributed by atoms with van der Waals surface area (Å²) < 4.78 is 0. The Morgan fingerprint density at radius 3 is 2.83 bits per heavy atom. The molecule has 5 N–H and O–H groups in total. The molecular formula is C7H15N3O2. The van der Waals surface area contributed by atoms with Crippen molar-refractivity contribution in [3.8, 4) is 0 Å². The second kappa shape index (κ2) is 4.27. The molecule has 1 unspecified atom stereocenters. The quantitative estimate of drug-likeness (QED) is 0.187. The van der Waals surface area contributed by atoms with Crippen molar-refractivity contribution in [3.05, 3.63) is 0 Å². The lowest BCUT2D eigenvalue weighted by atomic mass is 10.2. The third-order valence-electron chi connectivity index (χ3n) is 1.95. The van der Waals surface area contributed by atoms with E-state index >= 15 is 0 Å². The minimum absolute atomic E-state index is 0.137. The molecule has 0 aliphatic heterocycles. The molecule has 1 aliphatic carbocycles. The minimum atomic E-state index is -0.281. The van der Waals surface area contributed by atoms with Crippen LogP contribution in [0.15, 0.2) is 5.16 Å². The van der Waals surface area contributed by atoms with Crippen LogP contribution in [0.1, 0.15) is 12.8 Å². The van der Waals surface area contributed by atoms with Gasteiger partial charge in [0, 0.05) is 6.54 Å². The first kappa shape index (κ1) is 9.28. The number of aliphatic hydroxyl groups excluding tert-OH is 1. The number of oxime groups is 1. The van der Waals surface area contributed by atoms with E-state index in [2.05, 4.69) is 10.5 Å². The second-order valence-electron chi connectivity index (χ2n) is 3.13. The molecule has 1 saturated carbocycles. The molecule has 0 spiro atoms. The maximum Gasteiger partial charge on any atom is 0.153 e. The number of nitrogens with one attached hydrogen (secondary N) is 1. The Labute approximate surface area is 71.3 Å². The van der Waals surface area contributed by atoms with Crippen LogP contribution >= 0.6 is 0 Å². The summed E-state index contributed by atoms with van der Waals surface area (Å²) in [5.74, 6) is 0.600. The molecule has 1 fully saturated rings. The zero-order valence-corrected chi connectivity index (χ0v) is 6.90. The van der Waals surface area contributed by atoms with Gasteiger partial charge >= 0.3 is 0 Å². The summed E-state index contributed by atoms with van der Waals surface area (Å²) in [4.78, 5) is 0. The highest BCUT2D eigenvalue weighted by Gasteiger charge is 2.28. The zero-order valence-electron chi connectivity index (χ0n) is 6.90. The number of hydrogen-bond donors (Lipinski definition) is 4. The minimum Gasteiger partial charge on any atom is -0.409 e. The summed E-state index contributed by atoms with van der Waals surface area (Å²) in [5, 5.41) is 23.2. The molecule has 1 rings (SSSR count). The number of amidine groups is 1. The summed E-state index contributed by atoms with van der Waals surface area (Å²) in [6.45, 7) is 0.834. The Bertz CT molecular complexity index is 168. The average molecular weight is 173 g/mol. The van der Waals surface area contributed by atoms with Crippen molar-refractivity contribution in [1.29, 1.82) is 0 Å². The molecule has 0 aromatic carbocycles.